The van der Waals surface area contributed by atoms with E-state index < -0.39 is 0 Å². The van der Waals surface area contributed by atoms with Crippen LogP contribution >= 0.6 is 11.8 Å². The number of benzene rings is 2. The normalized spacial score (nSPS) is 16.0. The smallest absolute Gasteiger partial charge is 0.302 e. The minimum absolute atomic E-state index is 0.0444. The van der Waals surface area contributed by atoms with Gasteiger partial charge in [0.1, 0.15) is 0 Å². The molecule has 31 heavy (non-hydrogen) atoms. The van der Waals surface area contributed by atoms with E-state index in [9.17, 15) is 9.59 Å². The predicted molar refractivity (Wildman–Crippen MR) is 124 cm³/mol. The van der Waals surface area contributed by atoms with Gasteiger partial charge >= 0.3 is 5.24 Å². The zero-order valence-corrected chi connectivity index (χ0v) is 19.0. The third-order valence-corrected chi connectivity index (χ3v) is 6.16. The molecule has 0 spiro atoms. The highest BCUT2D eigenvalue weighted by atomic mass is 32.2. The van der Waals surface area contributed by atoms with Gasteiger partial charge in [-0.05, 0) is 42.3 Å². The van der Waals surface area contributed by atoms with Gasteiger partial charge < -0.3 is 14.8 Å². The Morgan fingerprint density at radius 3 is 2.58 bits per heavy atom. The van der Waals surface area contributed by atoms with E-state index in [0.29, 0.717) is 30.2 Å². The Kier molecular flexibility index (Phi) is 7.57. The van der Waals surface area contributed by atoms with Crippen molar-refractivity contribution in [3.63, 3.8) is 0 Å². The van der Waals surface area contributed by atoms with Crippen LogP contribution in [0.1, 0.15) is 37.8 Å². The number of nitrogens with one attached hydrogen (secondary N) is 1. The van der Waals surface area contributed by atoms with Crippen molar-refractivity contribution >= 4 is 34.3 Å². The lowest BCUT2D eigenvalue weighted by atomic mass is 10.0. The van der Waals surface area contributed by atoms with Gasteiger partial charge in [-0.3, -0.25) is 9.59 Å². The number of anilines is 1. The summed E-state index contributed by atoms with van der Waals surface area (Å²) in [5, 5.41) is 8.89. The van der Waals surface area contributed by atoms with Gasteiger partial charge in [0.2, 0.25) is 5.91 Å². The number of hydrazone groups is 1. The van der Waals surface area contributed by atoms with Crippen molar-refractivity contribution in [1.82, 2.24) is 5.01 Å². The molecule has 0 fully saturated rings. The van der Waals surface area contributed by atoms with E-state index in [1.807, 2.05) is 49.4 Å². The summed E-state index contributed by atoms with van der Waals surface area (Å²) in [5.74, 6) is 1.20. The third kappa shape index (κ3) is 5.38. The number of hydrogen-bond donors (Lipinski definition) is 1. The summed E-state index contributed by atoms with van der Waals surface area (Å²) in [7, 11) is 3.19. The number of thioether (sulfide) groups is 1. The first-order valence-electron chi connectivity index (χ1n) is 10.2. The highest BCUT2D eigenvalue weighted by molar-refractivity contribution is 8.14. The molecule has 0 aliphatic carbocycles. The zero-order valence-electron chi connectivity index (χ0n) is 18.2. The molecule has 3 rings (SSSR count). The second kappa shape index (κ2) is 10.3. The van der Waals surface area contributed by atoms with Crippen LogP contribution in [0.2, 0.25) is 0 Å². The van der Waals surface area contributed by atoms with Gasteiger partial charge in [-0.25, -0.2) is 5.01 Å². The summed E-state index contributed by atoms with van der Waals surface area (Å²) in [6.45, 7) is 4.16. The van der Waals surface area contributed by atoms with Gasteiger partial charge in [0, 0.05) is 17.7 Å². The SMILES string of the molecule is CCC(=O)Nc1cccc(CN2N=C(c3ccc(OC)c(OC)c3)C(CC)SC2=O)c1. The molecule has 0 saturated carbocycles. The highest BCUT2D eigenvalue weighted by Crippen LogP contribution is 2.33. The molecule has 2 aromatic carbocycles. The van der Waals surface area contributed by atoms with E-state index in [1.54, 1.807) is 21.1 Å². The largest absolute Gasteiger partial charge is 0.493 e. The van der Waals surface area contributed by atoms with E-state index >= 15 is 0 Å². The lowest BCUT2D eigenvalue weighted by Crippen LogP contribution is -2.34. The lowest BCUT2D eigenvalue weighted by molar-refractivity contribution is -0.115. The lowest BCUT2D eigenvalue weighted by Gasteiger charge is -2.28. The molecular weight excluding hydrogens is 414 g/mol. The van der Waals surface area contributed by atoms with Crippen LogP contribution in [0.3, 0.4) is 0 Å². The maximum atomic E-state index is 12.7. The summed E-state index contributed by atoms with van der Waals surface area (Å²) in [5.41, 5.74) is 3.30. The molecule has 1 heterocycles. The number of nitrogens with zero attached hydrogens (tertiary/aromatic N) is 2. The Labute approximate surface area is 186 Å². The minimum Gasteiger partial charge on any atom is -0.493 e. The van der Waals surface area contributed by atoms with E-state index in [1.165, 1.54) is 16.8 Å². The monoisotopic (exact) mass is 441 g/mol. The second-order valence-corrected chi connectivity index (χ2v) is 8.15. The second-order valence-electron chi connectivity index (χ2n) is 7.00. The summed E-state index contributed by atoms with van der Waals surface area (Å²) in [4.78, 5) is 24.4. The number of hydrogen-bond acceptors (Lipinski definition) is 6. The molecule has 1 N–H and O–H groups in total. The summed E-state index contributed by atoms with van der Waals surface area (Å²) in [6.07, 6.45) is 1.18. The van der Waals surface area contributed by atoms with E-state index in [-0.39, 0.29) is 16.4 Å². The Morgan fingerprint density at radius 2 is 1.90 bits per heavy atom. The molecule has 2 amide bonds. The van der Waals surface area contributed by atoms with Gasteiger partial charge in [-0.1, -0.05) is 37.7 Å². The first kappa shape index (κ1) is 22.7. The highest BCUT2D eigenvalue weighted by Gasteiger charge is 2.30. The van der Waals surface area contributed by atoms with Crippen molar-refractivity contribution < 1.29 is 19.1 Å². The van der Waals surface area contributed by atoms with Crippen LogP contribution in [-0.2, 0) is 11.3 Å². The number of ether oxygens (including phenoxy) is 2. The fourth-order valence-electron chi connectivity index (χ4n) is 3.26. The molecule has 1 atom stereocenters. The number of methoxy groups -OCH3 is 2. The van der Waals surface area contributed by atoms with E-state index in [0.717, 1.165) is 23.3 Å². The van der Waals surface area contributed by atoms with Crippen LogP contribution in [0.5, 0.6) is 11.5 Å². The molecule has 0 saturated heterocycles. The van der Waals surface area contributed by atoms with Gasteiger partial charge in [0.15, 0.2) is 11.5 Å². The zero-order chi connectivity index (χ0) is 22.4. The Hall–Kier alpha value is -3.00. The number of rotatable bonds is 8. The molecule has 8 heteroatoms. The standard InChI is InChI=1S/C23H27N3O4S/c1-5-20-22(16-10-11-18(29-3)19(13-16)30-4)25-26(23(28)31-20)14-15-8-7-9-17(12-15)24-21(27)6-2/h7-13,20H,5-6,14H2,1-4H3,(H,24,27). The topological polar surface area (TPSA) is 80.2 Å². The summed E-state index contributed by atoms with van der Waals surface area (Å²) >= 11 is 1.27. The number of amides is 2. The van der Waals surface area contributed by atoms with Crippen LogP contribution in [0.25, 0.3) is 0 Å². The first-order valence-corrected chi connectivity index (χ1v) is 11.0. The van der Waals surface area contributed by atoms with Crippen molar-refractivity contribution in [2.45, 2.75) is 38.5 Å². The molecule has 7 nitrogen and oxygen atoms in total. The third-order valence-electron chi connectivity index (χ3n) is 4.90. The average molecular weight is 442 g/mol. The van der Waals surface area contributed by atoms with Crippen LogP contribution < -0.4 is 14.8 Å². The van der Waals surface area contributed by atoms with Crippen molar-refractivity contribution in [3.05, 3.63) is 53.6 Å². The molecule has 0 radical (unpaired) electrons. The van der Waals surface area contributed by atoms with Gasteiger partial charge in [0.05, 0.1) is 31.7 Å². The molecule has 1 unspecified atom stereocenters. The Bertz CT molecular complexity index is 993. The van der Waals surface area contributed by atoms with Crippen molar-refractivity contribution in [2.75, 3.05) is 19.5 Å². The maximum Gasteiger partial charge on any atom is 0.302 e. The van der Waals surface area contributed by atoms with Crippen LogP contribution in [0.4, 0.5) is 10.5 Å². The molecule has 2 aromatic rings. The summed E-state index contributed by atoms with van der Waals surface area (Å²) < 4.78 is 10.8. The summed E-state index contributed by atoms with van der Waals surface area (Å²) in [6, 6.07) is 13.1. The quantitative estimate of drug-likeness (QED) is 0.630. The molecular formula is C23H27N3O4S. The van der Waals surface area contributed by atoms with Crippen molar-refractivity contribution in [1.29, 1.82) is 0 Å². The first-order chi connectivity index (χ1) is 15.0. The fourth-order valence-corrected chi connectivity index (χ4v) is 4.19. The Morgan fingerprint density at radius 1 is 1.13 bits per heavy atom. The molecule has 0 bridgehead atoms. The predicted octanol–water partition coefficient (Wildman–Crippen LogP) is 4.90. The minimum atomic E-state index is -0.0981. The molecule has 0 aromatic heterocycles. The fraction of sp³-hybridized carbons (Fsp3) is 0.348. The van der Waals surface area contributed by atoms with Crippen LogP contribution in [0.15, 0.2) is 47.6 Å². The van der Waals surface area contributed by atoms with Gasteiger partial charge in [-0.2, -0.15) is 5.10 Å². The van der Waals surface area contributed by atoms with E-state index in [2.05, 4.69) is 5.32 Å². The van der Waals surface area contributed by atoms with Crippen LogP contribution in [0, 0.1) is 0 Å². The van der Waals surface area contributed by atoms with Crippen molar-refractivity contribution in [2.24, 2.45) is 5.10 Å². The average Bonchev–Trinajstić information content (AvgIpc) is 2.79. The molecule has 1 aliphatic heterocycles. The number of carbonyl (C=O) groups excluding carboxylic acids is 2. The van der Waals surface area contributed by atoms with Crippen LogP contribution in [-0.4, -0.2) is 41.3 Å². The van der Waals surface area contributed by atoms with Crippen molar-refractivity contribution in [3.8, 4) is 11.5 Å². The molecule has 164 valence electrons. The maximum absolute atomic E-state index is 12.7. The Balaban J connectivity index is 1.90. The number of carbonyl (C=O) groups is 2. The molecule has 1 aliphatic rings. The van der Waals surface area contributed by atoms with Gasteiger partial charge in [-0.15, -0.1) is 0 Å². The van der Waals surface area contributed by atoms with Gasteiger partial charge in [0.25, 0.3) is 0 Å². The van der Waals surface area contributed by atoms with E-state index in [4.69, 9.17) is 14.6 Å².